The van der Waals surface area contributed by atoms with Crippen molar-refractivity contribution in [2.24, 2.45) is 5.92 Å². The van der Waals surface area contributed by atoms with Gasteiger partial charge in [-0.05, 0) is 38.6 Å². The molecule has 2 nitrogen and oxygen atoms in total. The number of hydrogen-bond acceptors (Lipinski definition) is 2. The van der Waals surface area contributed by atoms with Crippen LogP contribution >= 0.6 is 0 Å². The molecule has 1 rings (SSSR count). The molecule has 2 heteroatoms. The standard InChI is InChI=1S/C13H27NO/c1-5-8-11(3)12(14-6-2)13(4)9-7-10-15-13/h11-12,14H,5-10H2,1-4H3. The first-order valence-corrected chi connectivity index (χ1v) is 6.51. The van der Waals surface area contributed by atoms with Gasteiger partial charge in [-0.2, -0.15) is 0 Å². The lowest BCUT2D eigenvalue weighted by molar-refractivity contribution is -0.0272. The molecule has 90 valence electrons. The highest BCUT2D eigenvalue weighted by molar-refractivity contribution is 4.95. The molecule has 1 fully saturated rings. The fourth-order valence-corrected chi connectivity index (χ4v) is 2.91. The normalized spacial score (nSPS) is 30.4. The summed E-state index contributed by atoms with van der Waals surface area (Å²) < 4.78 is 5.96. The van der Waals surface area contributed by atoms with Crippen LogP contribution in [0.2, 0.25) is 0 Å². The van der Waals surface area contributed by atoms with E-state index < -0.39 is 0 Å². The molecule has 0 aromatic heterocycles. The second-order valence-electron chi connectivity index (χ2n) is 5.07. The fraction of sp³-hybridized carbons (Fsp3) is 1.00. The van der Waals surface area contributed by atoms with Gasteiger partial charge in [-0.15, -0.1) is 0 Å². The van der Waals surface area contributed by atoms with Crippen molar-refractivity contribution < 1.29 is 4.74 Å². The lowest BCUT2D eigenvalue weighted by atomic mass is 9.82. The van der Waals surface area contributed by atoms with Crippen LogP contribution in [0.1, 0.15) is 53.4 Å². The highest BCUT2D eigenvalue weighted by atomic mass is 16.5. The van der Waals surface area contributed by atoms with Gasteiger partial charge < -0.3 is 10.1 Å². The quantitative estimate of drug-likeness (QED) is 0.732. The van der Waals surface area contributed by atoms with E-state index in [1.165, 1.54) is 25.7 Å². The molecular weight excluding hydrogens is 186 g/mol. The molecule has 0 spiro atoms. The second kappa shape index (κ2) is 5.86. The van der Waals surface area contributed by atoms with Crippen LogP contribution in [-0.4, -0.2) is 24.8 Å². The van der Waals surface area contributed by atoms with E-state index in [-0.39, 0.29) is 5.60 Å². The smallest absolute Gasteiger partial charge is 0.0810 e. The minimum atomic E-state index is 0.0740. The van der Waals surface area contributed by atoms with Crippen molar-refractivity contribution in [3.05, 3.63) is 0 Å². The molecule has 1 aliphatic heterocycles. The van der Waals surface area contributed by atoms with Crippen molar-refractivity contribution in [1.82, 2.24) is 5.32 Å². The third kappa shape index (κ3) is 3.18. The maximum absolute atomic E-state index is 5.96. The summed E-state index contributed by atoms with van der Waals surface area (Å²) in [4.78, 5) is 0. The highest BCUT2D eigenvalue weighted by Crippen LogP contribution is 2.33. The summed E-state index contributed by atoms with van der Waals surface area (Å²) >= 11 is 0. The average Bonchev–Trinajstić information content (AvgIpc) is 2.62. The molecule has 0 saturated carbocycles. The van der Waals surface area contributed by atoms with E-state index in [2.05, 4.69) is 33.0 Å². The fourth-order valence-electron chi connectivity index (χ4n) is 2.91. The van der Waals surface area contributed by atoms with Crippen LogP contribution < -0.4 is 5.32 Å². The predicted octanol–water partition coefficient (Wildman–Crippen LogP) is 2.97. The number of likely N-dealkylation sites (N-methyl/N-ethyl adjacent to an activating group) is 1. The van der Waals surface area contributed by atoms with E-state index in [1.807, 2.05) is 0 Å². The first kappa shape index (κ1) is 13.0. The number of rotatable bonds is 6. The van der Waals surface area contributed by atoms with Crippen molar-refractivity contribution in [2.45, 2.75) is 65.0 Å². The Morgan fingerprint density at radius 1 is 1.40 bits per heavy atom. The predicted molar refractivity (Wildman–Crippen MR) is 65.1 cm³/mol. The summed E-state index contributed by atoms with van der Waals surface area (Å²) in [5.41, 5.74) is 0.0740. The van der Waals surface area contributed by atoms with Gasteiger partial charge in [0.15, 0.2) is 0 Å². The minimum Gasteiger partial charge on any atom is -0.374 e. The van der Waals surface area contributed by atoms with Gasteiger partial charge >= 0.3 is 0 Å². The third-order valence-corrected chi connectivity index (χ3v) is 3.64. The molecule has 15 heavy (non-hydrogen) atoms. The van der Waals surface area contributed by atoms with Crippen molar-refractivity contribution in [3.8, 4) is 0 Å². The Morgan fingerprint density at radius 3 is 2.60 bits per heavy atom. The van der Waals surface area contributed by atoms with Crippen LogP contribution in [0, 0.1) is 5.92 Å². The lowest BCUT2D eigenvalue weighted by Crippen LogP contribution is -2.52. The lowest BCUT2D eigenvalue weighted by Gasteiger charge is -2.38. The topological polar surface area (TPSA) is 21.3 Å². The van der Waals surface area contributed by atoms with Gasteiger partial charge in [0.05, 0.1) is 5.60 Å². The van der Waals surface area contributed by atoms with Gasteiger partial charge in [-0.1, -0.05) is 27.2 Å². The maximum Gasteiger partial charge on any atom is 0.0810 e. The van der Waals surface area contributed by atoms with E-state index >= 15 is 0 Å². The van der Waals surface area contributed by atoms with Crippen molar-refractivity contribution in [3.63, 3.8) is 0 Å². The van der Waals surface area contributed by atoms with Gasteiger partial charge in [0.25, 0.3) is 0 Å². The second-order valence-corrected chi connectivity index (χ2v) is 5.07. The summed E-state index contributed by atoms with van der Waals surface area (Å²) in [6.45, 7) is 11.1. The Balaban J connectivity index is 2.62. The average molecular weight is 213 g/mol. The Hall–Kier alpha value is -0.0800. The van der Waals surface area contributed by atoms with Crippen molar-refractivity contribution in [2.75, 3.05) is 13.2 Å². The number of nitrogens with one attached hydrogen (secondary N) is 1. The van der Waals surface area contributed by atoms with Crippen LogP contribution in [0.25, 0.3) is 0 Å². The van der Waals surface area contributed by atoms with Crippen molar-refractivity contribution in [1.29, 1.82) is 0 Å². The summed E-state index contributed by atoms with van der Waals surface area (Å²) in [5.74, 6) is 0.707. The molecule has 0 amide bonds. The van der Waals surface area contributed by atoms with E-state index in [4.69, 9.17) is 4.74 Å². The van der Waals surface area contributed by atoms with Gasteiger partial charge in [-0.25, -0.2) is 0 Å². The molecular formula is C13H27NO. The molecule has 0 aromatic carbocycles. The van der Waals surface area contributed by atoms with E-state index in [1.54, 1.807) is 0 Å². The molecule has 0 aromatic rings. The van der Waals surface area contributed by atoms with Gasteiger partial charge in [-0.3, -0.25) is 0 Å². The van der Waals surface area contributed by atoms with E-state index in [0.29, 0.717) is 12.0 Å². The molecule has 0 aliphatic carbocycles. The molecule has 3 atom stereocenters. The number of ether oxygens (including phenoxy) is 1. The highest BCUT2D eigenvalue weighted by Gasteiger charge is 2.40. The van der Waals surface area contributed by atoms with Crippen LogP contribution in [-0.2, 0) is 4.74 Å². The summed E-state index contributed by atoms with van der Waals surface area (Å²) in [6, 6.07) is 0.518. The molecule has 3 unspecified atom stereocenters. The first-order chi connectivity index (χ1) is 7.14. The Labute approximate surface area is 94.8 Å². The van der Waals surface area contributed by atoms with Gasteiger partial charge in [0, 0.05) is 12.6 Å². The third-order valence-electron chi connectivity index (χ3n) is 3.64. The number of hydrogen-bond donors (Lipinski definition) is 1. The summed E-state index contributed by atoms with van der Waals surface area (Å²) in [6.07, 6.45) is 4.98. The summed E-state index contributed by atoms with van der Waals surface area (Å²) in [5, 5.41) is 3.62. The summed E-state index contributed by atoms with van der Waals surface area (Å²) in [7, 11) is 0. The molecule has 1 N–H and O–H groups in total. The SMILES string of the molecule is CCCC(C)C(NCC)C1(C)CCCO1. The van der Waals surface area contributed by atoms with Crippen molar-refractivity contribution >= 4 is 0 Å². The van der Waals surface area contributed by atoms with Crippen LogP contribution in [0.15, 0.2) is 0 Å². The Kier molecular flexibility index (Phi) is 5.07. The molecule has 0 radical (unpaired) electrons. The Bertz CT molecular complexity index is 175. The first-order valence-electron chi connectivity index (χ1n) is 6.51. The Morgan fingerprint density at radius 2 is 2.13 bits per heavy atom. The van der Waals surface area contributed by atoms with Gasteiger partial charge in [0.1, 0.15) is 0 Å². The molecule has 1 aliphatic rings. The van der Waals surface area contributed by atoms with Crippen LogP contribution in [0.3, 0.4) is 0 Å². The van der Waals surface area contributed by atoms with Gasteiger partial charge in [0.2, 0.25) is 0 Å². The maximum atomic E-state index is 5.96. The van der Waals surface area contributed by atoms with Crippen LogP contribution in [0.4, 0.5) is 0 Å². The van der Waals surface area contributed by atoms with E-state index in [9.17, 15) is 0 Å². The molecule has 0 bridgehead atoms. The zero-order valence-electron chi connectivity index (χ0n) is 10.8. The monoisotopic (exact) mass is 213 g/mol. The zero-order valence-corrected chi connectivity index (χ0v) is 10.8. The molecule has 1 saturated heterocycles. The van der Waals surface area contributed by atoms with Crippen LogP contribution in [0.5, 0.6) is 0 Å². The minimum absolute atomic E-state index is 0.0740. The molecule has 1 heterocycles. The zero-order chi connectivity index (χ0) is 11.3. The van der Waals surface area contributed by atoms with E-state index in [0.717, 1.165) is 13.2 Å². The largest absolute Gasteiger partial charge is 0.374 e.